The van der Waals surface area contributed by atoms with E-state index in [1.165, 1.54) is 18.4 Å². The molecule has 2 aromatic rings. The van der Waals surface area contributed by atoms with E-state index in [-0.39, 0.29) is 5.97 Å². The van der Waals surface area contributed by atoms with Crippen molar-refractivity contribution in [2.75, 3.05) is 19.1 Å². The molecule has 0 amide bonds. The number of para-hydroxylation sites is 1. The number of hydrogen-bond acceptors (Lipinski definition) is 7. The van der Waals surface area contributed by atoms with Crippen molar-refractivity contribution in [2.24, 2.45) is 5.10 Å². The Morgan fingerprint density at radius 1 is 1.38 bits per heavy atom. The molecule has 0 saturated carbocycles. The first kappa shape index (κ1) is 17.9. The number of nitrogens with one attached hydrogen (secondary N) is 1. The van der Waals surface area contributed by atoms with Crippen LogP contribution in [0, 0.1) is 0 Å². The first-order valence-corrected chi connectivity index (χ1v) is 8.60. The van der Waals surface area contributed by atoms with E-state index in [2.05, 4.69) is 22.4 Å². The molecule has 0 aliphatic rings. The van der Waals surface area contributed by atoms with Crippen LogP contribution in [0.2, 0.25) is 0 Å². The number of hydrogen-bond donors (Lipinski definition) is 1. The molecule has 0 spiro atoms. The van der Waals surface area contributed by atoms with E-state index in [1.807, 2.05) is 31.2 Å². The molecular formula is C17H21N3O3S. The van der Waals surface area contributed by atoms with E-state index in [0.717, 1.165) is 17.7 Å². The lowest BCUT2D eigenvalue weighted by atomic mass is 10.2. The highest BCUT2D eigenvalue weighted by molar-refractivity contribution is 7.17. The third kappa shape index (κ3) is 4.55. The Kier molecular flexibility index (Phi) is 6.74. The average Bonchev–Trinajstić information content (AvgIpc) is 3.03. The summed E-state index contributed by atoms with van der Waals surface area (Å²) in [7, 11) is 1.36. The molecule has 1 heterocycles. The summed E-state index contributed by atoms with van der Waals surface area (Å²) in [5.41, 5.74) is 4.44. The van der Waals surface area contributed by atoms with Crippen LogP contribution >= 0.6 is 11.3 Å². The van der Waals surface area contributed by atoms with Crippen molar-refractivity contribution < 1.29 is 14.3 Å². The van der Waals surface area contributed by atoms with Crippen molar-refractivity contribution >= 4 is 28.7 Å². The third-order valence-electron chi connectivity index (χ3n) is 3.15. The zero-order chi connectivity index (χ0) is 17.4. The summed E-state index contributed by atoms with van der Waals surface area (Å²) in [4.78, 5) is 16.6. The maximum atomic E-state index is 11.7. The first-order valence-electron chi connectivity index (χ1n) is 7.78. The molecule has 0 fully saturated rings. The van der Waals surface area contributed by atoms with Crippen molar-refractivity contribution in [1.29, 1.82) is 0 Å². The fourth-order valence-corrected chi connectivity index (χ4v) is 2.90. The van der Waals surface area contributed by atoms with Gasteiger partial charge in [0.25, 0.3) is 0 Å². The van der Waals surface area contributed by atoms with Gasteiger partial charge in [0.05, 0.1) is 25.6 Å². The average molecular weight is 347 g/mol. The minimum atomic E-state index is -0.375. The van der Waals surface area contributed by atoms with Gasteiger partial charge in [-0.05, 0) is 25.0 Å². The lowest BCUT2D eigenvalue weighted by Gasteiger charge is -2.07. The Hall–Kier alpha value is -2.41. The molecule has 6 nitrogen and oxygen atoms in total. The van der Waals surface area contributed by atoms with Crippen LogP contribution < -0.4 is 10.2 Å². The number of hydrazone groups is 1. The molecule has 24 heavy (non-hydrogen) atoms. The highest BCUT2D eigenvalue weighted by atomic mass is 32.1. The second kappa shape index (κ2) is 9.02. The summed E-state index contributed by atoms with van der Waals surface area (Å²) < 4.78 is 10.5. The summed E-state index contributed by atoms with van der Waals surface area (Å²) in [5, 5.41) is 4.75. The van der Waals surface area contributed by atoms with Gasteiger partial charge in [0.2, 0.25) is 5.13 Å². The lowest BCUT2D eigenvalue weighted by molar-refractivity contribution is 0.0605. The minimum absolute atomic E-state index is 0.375. The number of ether oxygens (including phenoxy) is 2. The summed E-state index contributed by atoms with van der Waals surface area (Å²) in [5.74, 6) is 0.410. The molecule has 128 valence electrons. The predicted octanol–water partition coefficient (Wildman–Crippen LogP) is 3.73. The van der Waals surface area contributed by atoms with Crippen molar-refractivity contribution in [1.82, 2.24) is 4.98 Å². The molecule has 0 bridgehead atoms. The van der Waals surface area contributed by atoms with Crippen LogP contribution in [0.5, 0.6) is 5.75 Å². The van der Waals surface area contributed by atoms with Crippen LogP contribution in [-0.2, 0) is 11.2 Å². The number of anilines is 1. The smallest absolute Gasteiger partial charge is 0.350 e. The second-order valence-electron chi connectivity index (χ2n) is 4.90. The number of nitrogens with zero attached hydrogens (tertiary/aromatic N) is 2. The number of rotatable bonds is 8. The first-order chi connectivity index (χ1) is 11.7. The van der Waals surface area contributed by atoms with Gasteiger partial charge in [-0.3, -0.25) is 5.43 Å². The highest BCUT2D eigenvalue weighted by Gasteiger charge is 2.17. The fraction of sp³-hybridized carbons (Fsp3) is 0.353. The second-order valence-corrected chi connectivity index (χ2v) is 5.90. The standard InChI is InChI=1S/C17H21N3O3S/c1-4-10-23-14-9-7-6-8-12(14)11-18-20-17-19-13(5-2)15(24-17)16(21)22-3/h6-9,11H,4-5,10H2,1-3H3,(H,19,20)/b18-11-. The SMILES string of the molecule is CCCOc1ccccc1/C=N\Nc1nc(CC)c(C(=O)OC)s1. The van der Waals surface area contributed by atoms with Gasteiger partial charge in [0.1, 0.15) is 10.6 Å². The van der Waals surface area contributed by atoms with E-state index < -0.39 is 0 Å². The molecule has 1 N–H and O–H groups in total. The monoisotopic (exact) mass is 347 g/mol. The van der Waals surface area contributed by atoms with Crippen LogP contribution in [0.25, 0.3) is 0 Å². The zero-order valence-electron chi connectivity index (χ0n) is 14.0. The highest BCUT2D eigenvalue weighted by Crippen LogP contribution is 2.24. The summed E-state index contributed by atoms with van der Waals surface area (Å²) in [6, 6.07) is 7.68. The van der Waals surface area contributed by atoms with Crippen LogP contribution in [0.4, 0.5) is 5.13 Å². The van der Waals surface area contributed by atoms with Crippen LogP contribution in [-0.4, -0.2) is 30.9 Å². The van der Waals surface area contributed by atoms with Gasteiger partial charge in [0.15, 0.2) is 0 Å². The number of aryl methyl sites for hydroxylation is 1. The normalized spacial score (nSPS) is 10.8. The third-order valence-corrected chi connectivity index (χ3v) is 4.13. The fourth-order valence-electron chi connectivity index (χ4n) is 1.98. The molecule has 1 aromatic heterocycles. The Morgan fingerprint density at radius 2 is 2.17 bits per heavy atom. The number of methoxy groups -OCH3 is 1. The lowest BCUT2D eigenvalue weighted by Crippen LogP contribution is -2.01. The number of thiazole rings is 1. The Morgan fingerprint density at radius 3 is 2.88 bits per heavy atom. The molecular weight excluding hydrogens is 326 g/mol. The summed E-state index contributed by atoms with van der Waals surface area (Å²) in [6.07, 6.45) is 3.27. The summed E-state index contributed by atoms with van der Waals surface area (Å²) >= 11 is 1.23. The quantitative estimate of drug-likeness (QED) is 0.447. The van der Waals surface area contributed by atoms with Crippen molar-refractivity contribution in [3.05, 3.63) is 40.4 Å². The number of esters is 1. The molecule has 0 atom stereocenters. The van der Waals surface area contributed by atoms with Gasteiger partial charge < -0.3 is 9.47 Å². The van der Waals surface area contributed by atoms with Crippen LogP contribution in [0.1, 0.15) is 41.2 Å². The van der Waals surface area contributed by atoms with Crippen molar-refractivity contribution in [2.45, 2.75) is 26.7 Å². The van der Waals surface area contributed by atoms with E-state index >= 15 is 0 Å². The Balaban J connectivity index is 2.09. The predicted molar refractivity (Wildman–Crippen MR) is 96.3 cm³/mol. The van der Waals surface area contributed by atoms with Crippen molar-refractivity contribution in [3.63, 3.8) is 0 Å². The van der Waals surface area contributed by atoms with E-state index in [1.54, 1.807) is 6.21 Å². The van der Waals surface area contributed by atoms with Gasteiger partial charge in [-0.15, -0.1) is 0 Å². The number of benzene rings is 1. The maximum absolute atomic E-state index is 11.7. The number of carbonyl (C=O) groups excluding carboxylic acids is 1. The largest absolute Gasteiger partial charge is 0.493 e. The molecule has 2 rings (SSSR count). The Labute approximate surface area is 145 Å². The van der Waals surface area contributed by atoms with Crippen LogP contribution in [0.15, 0.2) is 29.4 Å². The molecule has 0 aliphatic carbocycles. The molecule has 0 radical (unpaired) electrons. The molecule has 0 saturated heterocycles. The minimum Gasteiger partial charge on any atom is -0.493 e. The van der Waals surface area contributed by atoms with Gasteiger partial charge in [-0.25, -0.2) is 9.78 Å². The zero-order valence-corrected chi connectivity index (χ0v) is 14.9. The molecule has 0 unspecified atom stereocenters. The van der Waals surface area contributed by atoms with Gasteiger partial charge >= 0.3 is 5.97 Å². The molecule has 1 aromatic carbocycles. The van der Waals surface area contributed by atoms with Gasteiger partial charge in [0, 0.05) is 5.56 Å². The van der Waals surface area contributed by atoms with Crippen LogP contribution in [0.3, 0.4) is 0 Å². The van der Waals surface area contributed by atoms with Crippen molar-refractivity contribution in [3.8, 4) is 5.75 Å². The molecule has 0 aliphatic heterocycles. The maximum Gasteiger partial charge on any atom is 0.350 e. The summed E-state index contributed by atoms with van der Waals surface area (Å²) in [6.45, 7) is 4.66. The van der Waals surface area contributed by atoms with E-state index in [4.69, 9.17) is 9.47 Å². The van der Waals surface area contributed by atoms with Gasteiger partial charge in [-0.1, -0.05) is 37.3 Å². The topological polar surface area (TPSA) is 72.8 Å². The number of aromatic nitrogens is 1. The van der Waals surface area contributed by atoms with E-state index in [9.17, 15) is 4.79 Å². The van der Waals surface area contributed by atoms with Gasteiger partial charge in [-0.2, -0.15) is 5.10 Å². The Bertz CT molecular complexity index is 713. The molecule has 7 heteroatoms. The number of carbonyl (C=O) groups is 1. The van der Waals surface area contributed by atoms with E-state index in [0.29, 0.717) is 28.7 Å².